The van der Waals surface area contributed by atoms with Gasteiger partial charge in [0.25, 0.3) is 0 Å². The molecule has 2 rings (SSSR count). The highest BCUT2D eigenvalue weighted by Gasteiger charge is 2.10. The number of ether oxygens (including phenoxy) is 2. The van der Waals surface area contributed by atoms with E-state index in [0.29, 0.717) is 17.1 Å². The molecule has 19 heavy (non-hydrogen) atoms. The second-order valence-electron chi connectivity index (χ2n) is 3.93. The normalized spacial score (nSPS) is 10.3. The lowest BCUT2D eigenvalue weighted by Gasteiger charge is -2.11. The summed E-state index contributed by atoms with van der Waals surface area (Å²) < 4.78 is 23.8. The van der Waals surface area contributed by atoms with Crippen LogP contribution in [0.25, 0.3) is 0 Å². The van der Waals surface area contributed by atoms with Crippen LogP contribution in [-0.4, -0.2) is 12.2 Å². The number of methoxy groups -OCH3 is 1. The minimum absolute atomic E-state index is 0.0579. The summed E-state index contributed by atoms with van der Waals surface area (Å²) in [6.07, 6.45) is 0. The predicted molar refractivity (Wildman–Crippen MR) is 69.8 cm³/mol. The van der Waals surface area contributed by atoms with Crippen LogP contribution in [0.1, 0.15) is 5.56 Å². The molecule has 0 spiro atoms. The molecular formula is C14H14FNO3. The van der Waals surface area contributed by atoms with Crippen LogP contribution in [-0.2, 0) is 6.61 Å². The van der Waals surface area contributed by atoms with Crippen molar-refractivity contribution in [3.05, 3.63) is 47.8 Å². The molecule has 0 unspecified atom stereocenters. The highest BCUT2D eigenvalue weighted by Crippen LogP contribution is 2.33. The van der Waals surface area contributed by atoms with Crippen molar-refractivity contribution in [3.8, 4) is 17.2 Å². The molecule has 0 bridgehead atoms. The number of hydrogen-bond acceptors (Lipinski definition) is 4. The van der Waals surface area contributed by atoms with Gasteiger partial charge >= 0.3 is 0 Å². The number of aliphatic hydroxyl groups excluding tert-OH is 1. The maximum Gasteiger partial charge on any atom is 0.167 e. The Kier molecular flexibility index (Phi) is 3.87. The number of aliphatic hydroxyl groups is 1. The fraction of sp³-hybridized carbons (Fsp3) is 0.143. The van der Waals surface area contributed by atoms with Crippen LogP contribution in [0.2, 0.25) is 0 Å². The lowest BCUT2D eigenvalue weighted by Crippen LogP contribution is -1.96. The number of anilines is 1. The van der Waals surface area contributed by atoms with Gasteiger partial charge in [-0.1, -0.05) is 12.1 Å². The number of hydrogen-bond donors (Lipinski definition) is 2. The van der Waals surface area contributed by atoms with Gasteiger partial charge in [-0.25, -0.2) is 4.39 Å². The largest absolute Gasteiger partial charge is 0.494 e. The van der Waals surface area contributed by atoms with Gasteiger partial charge in [-0.2, -0.15) is 0 Å². The van der Waals surface area contributed by atoms with E-state index in [-0.39, 0.29) is 18.0 Å². The van der Waals surface area contributed by atoms with Gasteiger partial charge in [0, 0.05) is 12.1 Å². The van der Waals surface area contributed by atoms with E-state index in [9.17, 15) is 4.39 Å². The molecule has 0 atom stereocenters. The number of rotatable bonds is 4. The molecule has 0 radical (unpaired) electrons. The molecule has 3 N–H and O–H groups in total. The Balaban J connectivity index is 2.32. The first-order valence-electron chi connectivity index (χ1n) is 5.64. The van der Waals surface area contributed by atoms with Crippen LogP contribution < -0.4 is 15.2 Å². The molecule has 0 aliphatic carbocycles. The van der Waals surface area contributed by atoms with E-state index in [1.165, 1.54) is 13.2 Å². The summed E-state index contributed by atoms with van der Waals surface area (Å²) in [6.45, 7) is -0.0839. The maximum atomic E-state index is 13.4. The first-order chi connectivity index (χ1) is 9.13. The van der Waals surface area contributed by atoms with Crippen LogP contribution in [0, 0.1) is 5.82 Å². The van der Waals surface area contributed by atoms with Gasteiger partial charge in [-0.3, -0.25) is 0 Å². The monoisotopic (exact) mass is 263 g/mol. The number of nitrogen functional groups attached to an aromatic ring is 1. The van der Waals surface area contributed by atoms with E-state index < -0.39 is 5.82 Å². The van der Waals surface area contributed by atoms with Gasteiger partial charge in [0.05, 0.1) is 19.4 Å². The van der Waals surface area contributed by atoms with Crippen LogP contribution in [0.3, 0.4) is 0 Å². The van der Waals surface area contributed by atoms with Gasteiger partial charge in [0.1, 0.15) is 5.75 Å². The molecule has 4 nitrogen and oxygen atoms in total. The van der Waals surface area contributed by atoms with E-state index in [2.05, 4.69) is 0 Å². The zero-order chi connectivity index (χ0) is 13.8. The molecule has 100 valence electrons. The van der Waals surface area contributed by atoms with Gasteiger partial charge < -0.3 is 20.3 Å². The molecule has 0 fully saturated rings. The Bertz CT molecular complexity index is 587. The number of nitrogens with two attached hydrogens (primary N) is 1. The van der Waals surface area contributed by atoms with Crippen LogP contribution in [0.4, 0.5) is 10.1 Å². The van der Waals surface area contributed by atoms with Crippen LogP contribution >= 0.6 is 0 Å². The molecule has 0 aromatic heterocycles. The van der Waals surface area contributed by atoms with Crippen molar-refractivity contribution in [2.24, 2.45) is 0 Å². The van der Waals surface area contributed by atoms with Crippen LogP contribution in [0.15, 0.2) is 36.4 Å². The molecular weight excluding hydrogens is 249 g/mol. The van der Waals surface area contributed by atoms with Gasteiger partial charge in [-0.15, -0.1) is 0 Å². The van der Waals surface area contributed by atoms with Crippen molar-refractivity contribution in [2.75, 3.05) is 12.8 Å². The fourth-order valence-corrected chi connectivity index (χ4v) is 1.63. The molecule has 0 aliphatic heterocycles. The molecule has 2 aromatic rings. The molecule has 0 saturated heterocycles. The third kappa shape index (κ3) is 2.95. The minimum Gasteiger partial charge on any atom is -0.494 e. The molecule has 0 heterocycles. The van der Waals surface area contributed by atoms with Crippen molar-refractivity contribution < 1.29 is 19.0 Å². The smallest absolute Gasteiger partial charge is 0.167 e. The van der Waals surface area contributed by atoms with Crippen molar-refractivity contribution >= 4 is 5.69 Å². The van der Waals surface area contributed by atoms with Gasteiger partial charge in [-0.05, 0) is 17.7 Å². The van der Waals surface area contributed by atoms with Gasteiger partial charge in [0.2, 0.25) is 0 Å². The highest BCUT2D eigenvalue weighted by molar-refractivity contribution is 5.57. The Morgan fingerprint density at radius 1 is 1.21 bits per heavy atom. The SMILES string of the molecule is COc1cc(Oc2cccc(CO)c2)c(N)cc1F. The Labute approximate surface area is 110 Å². The number of benzene rings is 2. The first kappa shape index (κ1) is 13.2. The molecule has 0 saturated carbocycles. The average molecular weight is 263 g/mol. The van der Waals surface area contributed by atoms with E-state index in [1.807, 2.05) is 0 Å². The maximum absolute atomic E-state index is 13.4. The summed E-state index contributed by atoms with van der Waals surface area (Å²) in [6, 6.07) is 9.43. The zero-order valence-corrected chi connectivity index (χ0v) is 10.4. The third-order valence-corrected chi connectivity index (χ3v) is 2.59. The Hall–Kier alpha value is -2.27. The minimum atomic E-state index is -0.545. The van der Waals surface area contributed by atoms with Crippen molar-refractivity contribution in [2.45, 2.75) is 6.61 Å². The average Bonchev–Trinajstić information content (AvgIpc) is 2.42. The topological polar surface area (TPSA) is 64.7 Å². The second kappa shape index (κ2) is 5.58. The van der Waals surface area contributed by atoms with Crippen molar-refractivity contribution in [1.29, 1.82) is 0 Å². The predicted octanol–water partition coefficient (Wildman–Crippen LogP) is 2.70. The number of halogens is 1. The van der Waals surface area contributed by atoms with Gasteiger partial charge in [0.15, 0.2) is 17.3 Å². The Morgan fingerprint density at radius 3 is 2.68 bits per heavy atom. The van der Waals surface area contributed by atoms with Crippen molar-refractivity contribution in [1.82, 2.24) is 0 Å². The summed E-state index contributed by atoms with van der Waals surface area (Å²) >= 11 is 0. The first-order valence-corrected chi connectivity index (χ1v) is 5.64. The Morgan fingerprint density at radius 2 is 2.00 bits per heavy atom. The summed E-state index contributed by atoms with van der Waals surface area (Å²) in [5.41, 5.74) is 6.58. The zero-order valence-electron chi connectivity index (χ0n) is 10.4. The summed E-state index contributed by atoms with van der Waals surface area (Å²) in [5.74, 6) is 0.319. The summed E-state index contributed by atoms with van der Waals surface area (Å²) in [4.78, 5) is 0. The van der Waals surface area contributed by atoms with E-state index in [4.69, 9.17) is 20.3 Å². The lowest BCUT2D eigenvalue weighted by atomic mass is 10.2. The fourth-order valence-electron chi connectivity index (χ4n) is 1.63. The van der Waals surface area contributed by atoms with Crippen LogP contribution in [0.5, 0.6) is 17.2 Å². The summed E-state index contributed by atoms with van der Waals surface area (Å²) in [5, 5.41) is 9.05. The standard InChI is InChI=1S/C14H14FNO3/c1-18-13-7-14(12(16)6-11(13)15)19-10-4-2-3-9(5-10)8-17/h2-7,17H,8,16H2,1H3. The molecule has 0 aliphatic rings. The van der Waals surface area contributed by atoms with E-state index in [1.54, 1.807) is 24.3 Å². The molecule has 2 aromatic carbocycles. The lowest BCUT2D eigenvalue weighted by molar-refractivity contribution is 0.281. The van der Waals surface area contributed by atoms with E-state index in [0.717, 1.165) is 6.07 Å². The molecule has 5 heteroatoms. The quantitative estimate of drug-likeness (QED) is 0.832. The second-order valence-corrected chi connectivity index (χ2v) is 3.93. The molecule has 0 amide bonds. The third-order valence-electron chi connectivity index (χ3n) is 2.59. The van der Waals surface area contributed by atoms with E-state index >= 15 is 0 Å². The highest BCUT2D eigenvalue weighted by atomic mass is 19.1. The van der Waals surface area contributed by atoms with Crippen molar-refractivity contribution in [3.63, 3.8) is 0 Å². The summed E-state index contributed by atoms with van der Waals surface area (Å²) in [7, 11) is 1.37.